The maximum Gasteiger partial charge on any atom is 0.250 e. The lowest BCUT2D eigenvalue weighted by Crippen LogP contribution is -2.68. The van der Waals surface area contributed by atoms with Gasteiger partial charge in [0.1, 0.15) is 18.1 Å². The number of hydrogen-bond acceptors (Lipinski definition) is 4. The van der Waals surface area contributed by atoms with Crippen LogP contribution in [-0.2, 0) is 27.2 Å². The fourth-order valence-electron chi connectivity index (χ4n) is 6.36. The van der Waals surface area contributed by atoms with Gasteiger partial charge in [-0.25, -0.2) is 0 Å². The Labute approximate surface area is 233 Å². The highest BCUT2D eigenvalue weighted by molar-refractivity contribution is 6.00. The van der Waals surface area contributed by atoms with E-state index in [1.165, 1.54) is 11.1 Å². The predicted molar refractivity (Wildman–Crippen MR) is 153 cm³/mol. The van der Waals surface area contributed by atoms with Gasteiger partial charge in [-0.05, 0) is 74.1 Å². The number of carbonyl (C=O) groups excluding carboxylic acids is 3. The van der Waals surface area contributed by atoms with Crippen LogP contribution in [0.2, 0.25) is 0 Å². The number of piperazine rings is 1. The smallest absolute Gasteiger partial charge is 0.250 e. The molecule has 0 spiro atoms. The summed E-state index contributed by atoms with van der Waals surface area (Å²) in [6, 6.07) is 7.89. The number of hydrogen-bond donors (Lipinski definition) is 1. The van der Waals surface area contributed by atoms with Gasteiger partial charge >= 0.3 is 0 Å². The van der Waals surface area contributed by atoms with Crippen LogP contribution in [0.25, 0.3) is 0 Å². The van der Waals surface area contributed by atoms with Gasteiger partial charge < -0.3 is 15.1 Å². The van der Waals surface area contributed by atoms with Crippen LogP contribution in [0, 0.1) is 25.7 Å². The van der Waals surface area contributed by atoms with Crippen LogP contribution in [0.15, 0.2) is 36.5 Å². The number of rotatable bonds is 10. The number of aromatic nitrogens is 1. The molecule has 1 aliphatic heterocycles. The van der Waals surface area contributed by atoms with Crippen molar-refractivity contribution in [2.75, 3.05) is 13.1 Å². The number of pyridine rings is 1. The fourth-order valence-corrected chi connectivity index (χ4v) is 6.36. The molecule has 1 saturated heterocycles. The summed E-state index contributed by atoms with van der Waals surface area (Å²) >= 11 is 0. The van der Waals surface area contributed by atoms with Crippen LogP contribution in [0.4, 0.5) is 0 Å². The number of benzene rings is 1. The van der Waals surface area contributed by atoms with Crippen molar-refractivity contribution >= 4 is 17.7 Å². The van der Waals surface area contributed by atoms with E-state index in [0.29, 0.717) is 25.1 Å². The maximum absolute atomic E-state index is 14.6. The third kappa shape index (κ3) is 5.73. The van der Waals surface area contributed by atoms with Gasteiger partial charge in [-0.1, -0.05) is 58.4 Å². The second-order valence-electron chi connectivity index (χ2n) is 11.4. The standard InChI is InChI=1S/C32H44N4O3/c1-7-14-35(15-8-2)32(39)29(26-19-33-22(6)16-21(26)5)36-28(20(4)9-3)30(37)34-27(31(36)38)25-17-23-12-10-11-13-24(23)18-25/h10-13,16,19-20,25,27-29H,7-9,14-15,17-18H2,1-6H3,(H,34,37)/t20-,27?,28+,29+/m0/s1. The van der Waals surface area contributed by atoms with E-state index in [1.54, 1.807) is 11.1 Å². The van der Waals surface area contributed by atoms with Crippen LogP contribution >= 0.6 is 0 Å². The highest BCUT2D eigenvalue weighted by Crippen LogP contribution is 2.37. The molecule has 4 rings (SSSR count). The maximum atomic E-state index is 14.6. The largest absolute Gasteiger partial charge is 0.342 e. The summed E-state index contributed by atoms with van der Waals surface area (Å²) in [6.45, 7) is 13.2. The highest BCUT2D eigenvalue weighted by atomic mass is 16.2. The Balaban J connectivity index is 1.83. The van der Waals surface area contributed by atoms with E-state index >= 15 is 0 Å². The van der Waals surface area contributed by atoms with Gasteiger partial charge in [0.05, 0.1) is 0 Å². The Hall–Kier alpha value is -3.22. The van der Waals surface area contributed by atoms with E-state index in [9.17, 15) is 14.4 Å². The molecular weight excluding hydrogens is 488 g/mol. The molecule has 3 amide bonds. The molecule has 0 saturated carbocycles. The first-order chi connectivity index (χ1) is 18.7. The van der Waals surface area contributed by atoms with Crippen LogP contribution in [0.1, 0.15) is 80.9 Å². The molecule has 2 heterocycles. The third-order valence-corrected chi connectivity index (χ3v) is 8.52. The van der Waals surface area contributed by atoms with Crippen molar-refractivity contribution in [2.45, 2.75) is 91.8 Å². The first-order valence-corrected chi connectivity index (χ1v) is 14.6. The molecule has 0 bridgehead atoms. The monoisotopic (exact) mass is 532 g/mol. The predicted octanol–water partition coefficient (Wildman–Crippen LogP) is 4.54. The zero-order chi connectivity index (χ0) is 28.3. The van der Waals surface area contributed by atoms with Crippen molar-refractivity contribution in [1.82, 2.24) is 20.1 Å². The summed E-state index contributed by atoms with van der Waals surface area (Å²) in [5, 5.41) is 3.12. The van der Waals surface area contributed by atoms with Gasteiger partial charge in [0.15, 0.2) is 0 Å². The zero-order valence-electron chi connectivity index (χ0n) is 24.4. The van der Waals surface area contributed by atoms with Crippen molar-refractivity contribution in [1.29, 1.82) is 0 Å². The summed E-state index contributed by atoms with van der Waals surface area (Å²) in [5.74, 6) is -0.621. The summed E-state index contributed by atoms with van der Waals surface area (Å²) in [4.78, 5) is 51.0. The Morgan fingerprint density at radius 1 is 1.08 bits per heavy atom. The summed E-state index contributed by atoms with van der Waals surface area (Å²) in [7, 11) is 0. The molecule has 2 aromatic rings. The van der Waals surface area contributed by atoms with Gasteiger partial charge in [0.25, 0.3) is 0 Å². The van der Waals surface area contributed by atoms with Crippen molar-refractivity contribution in [2.24, 2.45) is 11.8 Å². The van der Waals surface area contributed by atoms with E-state index in [2.05, 4.69) is 36.3 Å². The SMILES string of the molecule is CCCN(CCC)C(=O)[C@@H](c1cnc(C)cc1C)N1C(=O)C(C2Cc3ccccc3C2)NC(=O)[C@H]1[C@@H](C)CC. The van der Waals surface area contributed by atoms with E-state index in [-0.39, 0.29) is 29.6 Å². The van der Waals surface area contributed by atoms with Crippen molar-refractivity contribution < 1.29 is 14.4 Å². The molecule has 2 aliphatic rings. The Morgan fingerprint density at radius 2 is 1.69 bits per heavy atom. The van der Waals surface area contributed by atoms with E-state index in [1.807, 2.05) is 50.8 Å². The third-order valence-electron chi connectivity index (χ3n) is 8.52. The second kappa shape index (κ2) is 12.3. The topological polar surface area (TPSA) is 82.6 Å². The summed E-state index contributed by atoms with van der Waals surface area (Å²) in [5.41, 5.74) is 4.91. The number of fused-ring (bicyclic) bond motifs is 1. The molecule has 1 aromatic heterocycles. The molecule has 0 radical (unpaired) electrons. The zero-order valence-corrected chi connectivity index (χ0v) is 24.4. The Morgan fingerprint density at radius 3 is 2.23 bits per heavy atom. The van der Waals surface area contributed by atoms with E-state index < -0.39 is 18.1 Å². The molecule has 1 fully saturated rings. The average Bonchev–Trinajstić information content (AvgIpc) is 3.35. The number of carbonyl (C=O) groups is 3. The Kier molecular flexibility index (Phi) is 9.08. The molecule has 1 aromatic carbocycles. The molecule has 39 heavy (non-hydrogen) atoms. The lowest BCUT2D eigenvalue weighted by atomic mass is 9.85. The van der Waals surface area contributed by atoms with Gasteiger partial charge in [-0.2, -0.15) is 0 Å². The Bertz CT molecular complexity index is 1180. The summed E-state index contributed by atoms with van der Waals surface area (Å²) < 4.78 is 0. The molecule has 7 nitrogen and oxygen atoms in total. The molecule has 1 N–H and O–H groups in total. The number of nitrogens with one attached hydrogen (secondary N) is 1. The normalized spacial score (nSPS) is 20.9. The minimum Gasteiger partial charge on any atom is -0.342 e. The van der Waals surface area contributed by atoms with Crippen molar-refractivity contribution in [3.05, 3.63) is 64.5 Å². The molecule has 1 unspecified atom stereocenters. The van der Waals surface area contributed by atoms with Crippen molar-refractivity contribution in [3.8, 4) is 0 Å². The lowest BCUT2D eigenvalue weighted by molar-refractivity contribution is -0.161. The molecule has 210 valence electrons. The number of amides is 3. The van der Waals surface area contributed by atoms with Crippen LogP contribution in [0.5, 0.6) is 0 Å². The van der Waals surface area contributed by atoms with Crippen LogP contribution in [0.3, 0.4) is 0 Å². The van der Waals surface area contributed by atoms with E-state index in [0.717, 1.165) is 36.9 Å². The average molecular weight is 533 g/mol. The highest BCUT2D eigenvalue weighted by Gasteiger charge is 2.51. The minimum atomic E-state index is -0.903. The quantitative estimate of drug-likeness (QED) is 0.487. The first-order valence-electron chi connectivity index (χ1n) is 14.6. The second-order valence-corrected chi connectivity index (χ2v) is 11.4. The van der Waals surface area contributed by atoms with Gasteiger partial charge in [-0.15, -0.1) is 0 Å². The molecular formula is C32H44N4O3. The molecule has 1 aliphatic carbocycles. The molecule has 4 atom stereocenters. The first kappa shape index (κ1) is 28.8. The fraction of sp³-hybridized carbons (Fsp3) is 0.562. The van der Waals surface area contributed by atoms with Crippen LogP contribution < -0.4 is 5.32 Å². The van der Waals surface area contributed by atoms with Gasteiger partial charge in [-0.3, -0.25) is 19.4 Å². The van der Waals surface area contributed by atoms with Crippen LogP contribution in [-0.4, -0.2) is 57.7 Å². The molecule has 7 heteroatoms. The van der Waals surface area contributed by atoms with Gasteiger partial charge in [0.2, 0.25) is 17.7 Å². The number of nitrogens with zero attached hydrogens (tertiary/aromatic N) is 3. The van der Waals surface area contributed by atoms with Crippen molar-refractivity contribution in [3.63, 3.8) is 0 Å². The van der Waals surface area contributed by atoms with E-state index in [4.69, 9.17) is 0 Å². The van der Waals surface area contributed by atoms with Gasteiger partial charge in [0, 0.05) is 30.5 Å². The minimum absolute atomic E-state index is 0.0467. The lowest BCUT2D eigenvalue weighted by Gasteiger charge is -2.47. The number of aryl methyl sites for hydroxylation is 2. The summed E-state index contributed by atoms with van der Waals surface area (Å²) in [6.07, 6.45) is 5.54.